The normalized spacial score (nSPS) is 10.8. The van der Waals surface area contributed by atoms with E-state index in [9.17, 15) is 13.6 Å². The lowest BCUT2D eigenvalue weighted by atomic mass is 10.1. The molecule has 1 aromatic rings. The number of nitrogens with zero attached hydrogens (tertiary/aromatic N) is 1. The summed E-state index contributed by atoms with van der Waals surface area (Å²) in [6, 6.07) is 3.24. The van der Waals surface area contributed by atoms with Crippen molar-refractivity contribution in [1.29, 1.82) is 0 Å². The van der Waals surface area contributed by atoms with Crippen LogP contribution in [0.2, 0.25) is 0 Å². The van der Waals surface area contributed by atoms with E-state index >= 15 is 0 Å². The quantitative estimate of drug-likeness (QED) is 0.821. The first-order chi connectivity index (χ1) is 9.06. The highest BCUT2D eigenvalue weighted by molar-refractivity contribution is 5.78. The minimum atomic E-state index is -0.682. The summed E-state index contributed by atoms with van der Waals surface area (Å²) in [5.74, 6) is -1.57. The molecule has 0 aromatic heterocycles. The lowest BCUT2D eigenvalue weighted by Gasteiger charge is -2.17. The van der Waals surface area contributed by atoms with E-state index in [0.717, 1.165) is 31.8 Å². The molecule has 1 aromatic carbocycles. The van der Waals surface area contributed by atoms with Gasteiger partial charge in [-0.15, -0.1) is 0 Å². The highest BCUT2D eigenvalue weighted by Gasteiger charge is 2.09. The van der Waals surface area contributed by atoms with Crippen molar-refractivity contribution in [2.75, 3.05) is 26.2 Å². The second kappa shape index (κ2) is 7.84. The van der Waals surface area contributed by atoms with Crippen LogP contribution in [0.4, 0.5) is 8.78 Å². The fourth-order valence-electron chi connectivity index (χ4n) is 1.79. The summed E-state index contributed by atoms with van der Waals surface area (Å²) in [4.78, 5) is 13.8. The summed E-state index contributed by atoms with van der Waals surface area (Å²) in [5.41, 5.74) is 0.210. The van der Waals surface area contributed by atoms with Crippen LogP contribution in [0, 0.1) is 11.6 Å². The number of likely N-dealkylation sites (N-methyl/N-ethyl adjacent to an activating group) is 1. The Labute approximate surface area is 112 Å². The van der Waals surface area contributed by atoms with E-state index < -0.39 is 11.6 Å². The van der Waals surface area contributed by atoms with Gasteiger partial charge in [0.15, 0.2) is 0 Å². The van der Waals surface area contributed by atoms with Gasteiger partial charge >= 0.3 is 0 Å². The van der Waals surface area contributed by atoms with Gasteiger partial charge in [0.1, 0.15) is 11.6 Å². The number of carbonyl (C=O) groups excluding carboxylic acids is 1. The van der Waals surface area contributed by atoms with Gasteiger partial charge in [-0.3, -0.25) is 4.79 Å². The Hall–Kier alpha value is -1.49. The standard InChI is InChI=1S/C14H20F2N2O/c1-3-18(4-2)8-7-17-14(19)9-11-5-6-12(15)10-13(11)16/h5-6,10H,3-4,7-9H2,1-2H3,(H,17,19). The van der Waals surface area contributed by atoms with E-state index in [-0.39, 0.29) is 17.9 Å². The van der Waals surface area contributed by atoms with Crippen molar-refractivity contribution in [3.8, 4) is 0 Å². The smallest absolute Gasteiger partial charge is 0.224 e. The minimum Gasteiger partial charge on any atom is -0.355 e. The summed E-state index contributed by atoms with van der Waals surface area (Å²) in [5, 5.41) is 2.73. The molecule has 5 heteroatoms. The predicted molar refractivity (Wildman–Crippen MR) is 70.9 cm³/mol. The third-order valence-corrected chi connectivity index (χ3v) is 3.01. The van der Waals surface area contributed by atoms with Crippen molar-refractivity contribution in [2.45, 2.75) is 20.3 Å². The van der Waals surface area contributed by atoms with Gasteiger partial charge < -0.3 is 10.2 Å². The van der Waals surface area contributed by atoms with E-state index in [1.807, 2.05) is 0 Å². The second-order valence-corrected chi connectivity index (χ2v) is 4.29. The zero-order valence-electron chi connectivity index (χ0n) is 11.4. The maximum atomic E-state index is 13.3. The summed E-state index contributed by atoms with van der Waals surface area (Å²) in [6.07, 6.45) is -0.0651. The molecular weight excluding hydrogens is 250 g/mol. The maximum Gasteiger partial charge on any atom is 0.224 e. The molecule has 0 saturated carbocycles. The van der Waals surface area contributed by atoms with Gasteiger partial charge in [-0.2, -0.15) is 0 Å². The molecule has 0 atom stereocenters. The molecule has 1 rings (SSSR count). The van der Waals surface area contributed by atoms with Crippen LogP contribution in [0.15, 0.2) is 18.2 Å². The monoisotopic (exact) mass is 270 g/mol. The van der Waals surface area contributed by atoms with Gasteiger partial charge in [0.2, 0.25) is 5.91 Å². The number of hydrogen-bond donors (Lipinski definition) is 1. The Morgan fingerprint density at radius 1 is 1.26 bits per heavy atom. The van der Waals surface area contributed by atoms with Gasteiger partial charge in [0.25, 0.3) is 0 Å². The molecule has 1 amide bonds. The van der Waals surface area contributed by atoms with Crippen LogP contribution < -0.4 is 5.32 Å². The van der Waals surface area contributed by atoms with Crippen LogP contribution in [0.3, 0.4) is 0 Å². The van der Waals surface area contributed by atoms with Crippen molar-refractivity contribution >= 4 is 5.91 Å². The van der Waals surface area contributed by atoms with Crippen LogP contribution in [0.5, 0.6) is 0 Å². The zero-order chi connectivity index (χ0) is 14.3. The molecule has 0 radical (unpaired) electrons. The second-order valence-electron chi connectivity index (χ2n) is 4.29. The van der Waals surface area contributed by atoms with Gasteiger partial charge in [-0.25, -0.2) is 8.78 Å². The molecule has 0 saturated heterocycles. The third kappa shape index (κ3) is 5.34. The Morgan fingerprint density at radius 2 is 1.95 bits per heavy atom. The zero-order valence-corrected chi connectivity index (χ0v) is 11.4. The van der Waals surface area contributed by atoms with Crippen LogP contribution in [0.1, 0.15) is 19.4 Å². The summed E-state index contributed by atoms with van der Waals surface area (Å²) < 4.78 is 26.1. The first kappa shape index (κ1) is 15.6. The molecule has 0 fully saturated rings. The van der Waals surface area contributed by atoms with E-state index in [1.165, 1.54) is 6.07 Å². The molecule has 1 N–H and O–H groups in total. The fourth-order valence-corrected chi connectivity index (χ4v) is 1.79. The summed E-state index contributed by atoms with van der Waals surface area (Å²) in [6.45, 7) is 7.27. The van der Waals surface area contributed by atoms with Crippen LogP contribution in [0.25, 0.3) is 0 Å². The summed E-state index contributed by atoms with van der Waals surface area (Å²) >= 11 is 0. The van der Waals surface area contributed by atoms with Crippen LogP contribution in [-0.2, 0) is 11.2 Å². The number of nitrogens with one attached hydrogen (secondary N) is 1. The third-order valence-electron chi connectivity index (χ3n) is 3.01. The molecule has 0 unspecified atom stereocenters. The van der Waals surface area contributed by atoms with Gasteiger partial charge in [0.05, 0.1) is 6.42 Å². The molecule has 3 nitrogen and oxygen atoms in total. The Morgan fingerprint density at radius 3 is 2.53 bits per heavy atom. The van der Waals surface area contributed by atoms with E-state index in [2.05, 4.69) is 24.1 Å². The van der Waals surface area contributed by atoms with Crippen LogP contribution in [-0.4, -0.2) is 37.0 Å². The molecule has 0 bridgehead atoms. The molecule has 0 aliphatic carbocycles. The van der Waals surface area contributed by atoms with E-state index in [0.29, 0.717) is 6.54 Å². The highest BCUT2D eigenvalue weighted by atomic mass is 19.1. The molecule has 0 heterocycles. The van der Waals surface area contributed by atoms with Gasteiger partial charge in [-0.05, 0) is 24.7 Å². The Kier molecular flexibility index (Phi) is 6.42. The first-order valence-electron chi connectivity index (χ1n) is 6.49. The lowest BCUT2D eigenvalue weighted by molar-refractivity contribution is -0.120. The topological polar surface area (TPSA) is 32.3 Å². The number of carbonyl (C=O) groups is 1. The summed E-state index contributed by atoms with van der Waals surface area (Å²) in [7, 11) is 0. The fraction of sp³-hybridized carbons (Fsp3) is 0.500. The molecule has 106 valence electrons. The van der Waals surface area contributed by atoms with Gasteiger partial charge in [0, 0.05) is 19.2 Å². The van der Waals surface area contributed by atoms with Crippen molar-refractivity contribution in [1.82, 2.24) is 10.2 Å². The number of benzene rings is 1. The molecule has 0 aliphatic heterocycles. The number of halogens is 2. The highest BCUT2D eigenvalue weighted by Crippen LogP contribution is 2.09. The average molecular weight is 270 g/mol. The molecule has 0 aliphatic rings. The largest absolute Gasteiger partial charge is 0.355 e. The number of rotatable bonds is 7. The SMILES string of the molecule is CCN(CC)CCNC(=O)Cc1ccc(F)cc1F. The van der Waals surface area contributed by atoms with Crippen LogP contribution >= 0.6 is 0 Å². The lowest BCUT2D eigenvalue weighted by Crippen LogP contribution is -2.35. The van der Waals surface area contributed by atoms with E-state index in [4.69, 9.17) is 0 Å². The van der Waals surface area contributed by atoms with Crippen molar-refractivity contribution in [3.05, 3.63) is 35.4 Å². The minimum absolute atomic E-state index is 0.0651. The Bertz CT molecular complexity index is 420. The maximum absolute atomic E-state index is 13.3. The average Bonchev–Trinajstić information content (AvgIpc) is 2.38. The number of hydrogen-bond acceptors (Lipinski definition) is 2. The molecule has 0 spiro atoms. The van der Waals surface area contributed by atoms with Gasteiger partial charge in [-0.1, -0.05) is 19.9 Å². The van der Waals surface area contributed by atoms with Crippen molar-refractivity contribution in [3.63, 3.8) is 0 Å². The van der Waals surface area contributed by atoms with E-state index in [1.54, 1.807) is 0 Å². The predicted octanol–water partition coefficient (Wildman–Crippen LogP) is 1.97. The molecule has 19 heavy (non-hydrogen) atoms. The number of amides is 1. The first-order valence-corrected chi connectivity index (χ1v) is 6.49. The van der Waals surface area contributed by atoms with Crippen molar-refractivity contribution in [2.24, 2.45) is 0 Å². The molecular formula is C14H20F2N2O. The Balaban J connectivity index is 2.39. The van der Waals surface area contributed by atoms with Crippen molar-refractivity contribution < 1.29 is 13.6 Å².